The van der Waals surface area contributed by atoms with Crippen LogP contribution in [0.4, 0.5) is 0 Å². The molecule has 1 saturated heterocycles. The van der Waals surface area contributed by atoms with E-state index in [0.717, 1.165) is 38.4 Å². The largest absolute Gasteiger partial charge is 0.758 e. The molecule has 1 aromatic carbocycles. The molecular formula is C22H28N3O2S+. The molecule has 0 radical (unpaired) electrons. The van der Waals surface area contributed by atoms with Crippen LogP contribution in [0.5, 0.6) is 0 Å². The molecule has 1 aromatic heterocycles. The average Bonchev–Trinajstić information content (AvgIpc) is 2.72. The minimum Gasteiger partial charge on any atom is -0.758 e. The summed E-state index contributed by atoms with van der Waals surface area (Å²) in [5.74, 6) is -0.0215. The number of ketones is 1. The van der Waals surface area contributed by atoms with Crippen LogP contribution < -0.4 is 9.47 Å². The van der Waals surface area contributed by atoms with E-state index >= 15 is 0 Å². The number of ether oxygens (including phenoxy) is 1. The van der Waals surface area contributed by atoms with Gasteiger partial charge in [0.15, 0.2) is 12.4 Å². The number of nitrogens with one attached hydrogen (secondary N) is 1. The summed E-state index contributed by atoms with van der Waals surface area (Å²) in [6.45, 7) is 9.19. The highest BCUT2D eigenvalue weighted by molar-refractivity contribution is 7.77. The number of aryl methyl sites for hydroxylation is 2. The highest BCUT2D eigenvalue weighted by Crippen LogP contribution is 2.15. The molecule has 148 valence electrons. The normalized spacial score (nSPS) is 16.7. The molecule has 3 rings (SSSR count). The van der Waals surface area contributed by atoms with Crippen LogP contribution in [0.3, 0.4) is 0 Å². The number of aromatic nitrogens is 1. The predicted molar refractivity (Wildman–Crippen MR) is 112 cm³/mol. The summed E-state index contributed by atoms with van der Waals surface area (Å²) in [6, 6.07) is 10.9. The minimum atomic E-state index is -0.599. The van der Waals surface area contributed by atoms with E-state index in [1.54, 1.807) is 0 Å². The first kappa shape index (κ1) is 20.6. The summed E-state index contributed by atoms with van der Waals surface area (Å²) >= 11 is 5.62. The van der Waals surface area contributed by atoms with Crippen molar-refractivity contribution in [2.24, 2.45) is 4.99 Å². The first-order chi connectivity index (χ1) is 13.6. The number of aliphatic imine (C=N–C) groups is 1. The van der Waals surface area contributed by atoms with E-state index in [0.29, 0.717) is 17.2 Å². The fourth-order valence-corrected chi connectivity index (χ4v) is 3.65. The zero-order valence-corrected chi connectivity index (χ0v) is 17.4. The maximum atomic E-state index is 13.3. The van der Waals surface area contributed by atoms with Gasteiger partial charge >= 0.3 is 0 Å². The van der Waals surface area contributed by atoms with E-state index in [1.165, 1.54) is 10.5 Å². The van der Waals surface area contributed by atoms with Gasteiger partial charge in [0, 0.05) is 17.7 Å². The topological polar surface area (TPSA) is 47.0 Å². The summed E-state index contributed by atoms with van der Waals surface area (Å²) in [6.07, 6.45) is 3.75. The third-order valence-electron chi connectivity index (χ3n) is 5.24. The van der Waals surface area contributed by atoms with Gasteiger partial charge in [-0.05, 0) is 36.1 Å². The lowest BCUT2D eigenvalue weighted by Gasteiger charge is -2.24. The van der Waals surface area contributed by atoms with Crippen LogP contribution in [0.25, 0.3) is 0 Å². The van der Waals surface area contributed by atoms with Gasteiger partial charge in [-0.3, -0.25) is 4.79 Å². The SMILES string of the molecule is Cc1ccc(C(=O)[C@@H](C([S-])=NCC[NH+]2CCOCC2)[n+]2ccccc2)cc1C. The van der Waals surface area contributed by atoms with E-state index in [1.807, 2.05) is 67.2 Å². The van der Waals surface area contributed by atoms with E-state index in [2.05, 4.69) is 4.99 Å². The molecule has 5 nitrogen and oxygen atoms in total. The maximum absolute atomic E-state index is 13.3. The number of nitrogens with zero attached hydrogens (tertiary/aromatic N) is 2. The molecular weight excluding hydrogens is 370 g/mol. The molecule has 0 amide bonds. The lowest BCUT2D eigenvalue weighted by Crippen LogP contribution is -3.14. The van der Waals surface area contributed by atoms with Crippen molar-refractivity contribution in [1.82, 2.24) is 0 Å². The lowest BCUT2D eigenvalue weighted by atomic mass is 9.99. The Kier molecular flexibility index (Phi) is 7.25. The molecule has 1 aliphatic heterocycles. The Morgan fingerprint density at radius 3 is 2.57 bits per heavy atom. The second kappa shape index (κ2) is 9.87. The maximum Gasteiger partial charge on any atom is 0.237 e. The van der Waals surface area contributed by atoms with Crippen molar-refractivity contribution in [2.45, 2.75) is 19.9 Å². The monoisotopic (exact) mass is 398 g/mol. The number of hydrogen-bond donors (Lipinski definition) is 1. The van der Waals surface area contributed by atoms with Crippen LogP contribution in [-0.2, 0) is 17.4 Å². The zero-order chi connectivity index (χ0) is 19.9. The first-order valence-electron chi connectivity index (χ1n) is 9.76. The number of rotatable bonds is 7. The summed E-state index contributed by atoms with van der Waals surface area (Å²) in [5, 5.41) is 0.437. The molecule has 1 atom stereocenters. The quantitative estimate of drug-likeness (QED) is 0.248. The number of hydrogen-bond acceptors (Lipinski definition) is 4. The average molecular weight is 399 g/mol. The summed E-state index contributed by atoms with van der Waals surface area (Å²) in [4.78, 5) is 19.4. The summed E-state index contributed by atoms with van der Waals surface area (Å²) < 4.78 is 7.25. The Morgan fingerprint density at radius 2 is 1.89 bits per heavy atom. The fraction of sp³-hybridized carbons (Fsp3) is 0.409. The van der Waals surface area contributed by atoms with E-state index in [9.17, 15) is 4.79 Å². The van der Waals surface area contributed by atoms with Crippen molar-refractivity contribution >= 4 is 23.5 Å². The number of benzene rings is 1. The van der Waals surface area contributed by atoms with Crippen molar-refractivity contribution in [3.05, 3.63) is 65.5 Å². The van der Waals surface area contributed by atoms with Crippen LogP contribution >= 0.6 is 0 Å². The highest BCUT2D eigenvalue weighted by atomic mass is 32.1. The molecule has 0 spiro atoms. The van der Waals surface area contributed by atoms with Gasteiger partial charge in [-0.1, -0.05) is 18.2 Å². The van der Waals surface area contributed by atoms with Crippen molar-refractivity contribution in [1.29, 1.82) is 0 Å². The Labute approximate surface area is 172 Å². The van der Waals surface area contributed by atoms with Gasteiger partial charge in [-0.25, -0.2) is 0 Å². The van der Waals surface area contributed by atoms with Crippen molar-refractivity contribution < 1.29 is 19.0 Å². The van der Waals surface area contributed by atoms with Crippen molar-refractivity contribution in [3.8, 4) is 0 Å². The molecule has 1 fully saturated rings. The van der Waals surface area contributed by atoms with E-state index in [-0.39, 0.29) is 5.78 Å². The Bertz CT molecular complexity index is 833. The Balaban J connectivity index is 1.80. The smallest absolute Gasteiger partial charge is 0.237 e. The number of Topliss-reactive ketones (excluding diaryl/α,β-unsaturated/α-hetero) is 1. The number of quaternary nitrogens is 1. The van der Waals surface area contributed by atoms with Crippen LogP contribution in [0.2, 0.25) is 0 Å². The Hall–Kier alpha value is -2.15. The van der Waals surface area contributed by atoms with Gasteiger partial charge < -0.3 is 27.3 Å². The first-order valence-corrected chi connectivity index (χ1v) is 10.2. The second-order valence-corrected chi connectivity index (χ2v) is 7.64. The second-order valence-electron chi connectivity index (χ2n) is 7.22. The van der Waals surface area contributed by atoms with Gasteiger partial charge in [0.25, 0.3) is 0 Å². The van der Waals surface area contributed by atoms with Crippen LogP contribution in [0, 0.1) is 13.8 Å². The van der Waals surface area contributed by atoms with Gasteiger partial charge in [0.1, 0.15) is 13.1 Å². The number of pyridine rings is 1. The van der Waals surface area contributed by atoms with Gasteiger partial charge in [-0.15, -0.1) is 0 Å². The number of carbonyl (C=O) groups is 1. The van der Waals surface area contributed by atoms with Crippen molar-refractivity contribution in [2.75, 3.05) is 39.4 Å². The highest BCUT2D eigenvalue weighted by Gasteiger charge is 2.28. The molecule has 2 heterocycles. The zero-order valence-electron chi connectivity index (χ0n) is 16.6. The third kappa shape index (κ3) is 5.22. The van der Waals surface area contributed by atoms with Crippen LogP contribution in [0.15, 0.2) is 53.8 Å². The molecule has 6 heteroatoms. The number of carbonyl (C=O) groups excluding carboxylic acids is 1. The predicted octanol–water partition coefficient (Wildman–Crippen LogP) is 0.875. The van der Waals surface area contributed by atoms with Crippen LogP contribution in [-0.4, -0.2) is 50.2 Å². The molecule has 0 aliphatic carbocycles. The van der Waals surface area contributed by atoms with Crippen LogP contribution in [0.1, 0.15) is 27.5 Å². The Morgan fingerprint density at radius 1 is 1.18 bits per heavy atom. The van der Waals surface area contributed by atoms with Gasteiger partial charge in [0.05, 0.1) is 26.3 Å². The molecule has 1 aliphatic rings. The standard InChI is InChI=1S/C22H27N3O2S/c1-17-6-7-19(16-18(17)2)21(26)20(25-9-4-3-5-10-25)22(28)23-8-11-24-12-14-27-15-13-24/h3-7,9-10,16,20H,8,11-15H2,1-2H3/p+1/t20-/m0/s1. The van der Waals surface area contributed by atoms with Gasteiger partial charge in [0.2, 0.25) is 11.8 Å². The van der Waals surface area contributed by atoms with Gasteiger partial charge in [-0.2, -0.15) is 4.57 Å². The third-order valence-corrected chi connectivity index (χ3v) is 5.60. The fourth-order valence-electron chi connectivity index (χ4n) is 3.33. The summed E-state index contributed by atoms with van der Waals surface area (Å²) in [7, 11) is 0. The lowest BCUT2D eigenvalue weighted by molar-refractivity contribution is -0.906. The molecule has 0 unspecified atom stereocenters. The molecule has 28 heavy (non-hydrogen) atoms. The van der Waals surface area contributed by atoms with E-state index < -0.39 is 6.04 Å². The van der Waals surface area contributed by atoms with Crippen molar-refractivity contribution in [3.63, 3.8) is 0 Å². The molecule has 0 saturated carbocycles. The molecule has 0 bridgehead atoms. The number of morpholine rings is 1. The molecule has 2 aromatic rings. The summed E-state index contributed by atoms with van der Waals surface area (Å²) in [5.41, 5.74) is 2.93. The minimum absolute atomic E-state index is 0.0215. The molecule has 1 N–H and O–H groups in total. The van der Waals surface area contributed by atoms with E-state index in [4.69, 9.17) is 17.4 Å².